The summed E-state index contributed by atoms with van der Waals surface area (Å²) in [6.45, 7) is 10.7. The van der Waals surface area contributed by atoms with Crippen LogP contribution in [0.3, 0.4) is 0 Å². The van der Waals surface area contributed by atoms with Crippen LogP contribution in [0.2, 0.25) is 0 Å². The summed E-state index contributed by atoms with van der Waals surface area (Å²) >= 11 is 0. The molecule has 1 aromatic heterocycles. The maximum atomic E-state index is 4.54. The number of nitrogens with one attached hydrogen (secondary N) is 1. The Morgan fingerprint density at radius 2 is 2.11 bits per heavy atom. The van der Waals surface area contributed by atoms with E-state index >= 15 is 0 Å². The van der Waals surface area contributed by atoms with Crippen molar-refractivity contribution >= 4 is 0 Å². The van der Waals surface area contributed by atoms with Crippen LogP contribution in [-0.4, -0.2) is 30.0 Å². The number of nitrogens with zero attached hydrogens (tertiary/aromatic N) is 2. The number of hydrogen-bond donors (Lipinski definition) is 1. The molecule has 0 aromatic carbocycles. The molecule has 0 radical (unpaired) electrons. The Hall–Kier alpha value is -0.930. The summed E-state index contributed by atoms with van der Waals surface area (Å²) in [5.41, 5.74) is 2.42. The van der Waals surface area contributed by atoms with Crippen molar-refractivity contribution < 1.29 is 0 Å². The smallest absolute Gasteiger partial charge is 0.0544 e. The molecule has 0 fully saturated rings. The van der Waals surface area contributed by atoms with E-state index in [-0.39, 0.29) is 0 Å². The zero-order chi connectivity index (χ0) is 14.1. The monoisotopic (exact) mass is 263 g/mol. The third-order valence-electron chi connectivity index (χ3n) is 3.09. The molecular weight excluding hydrogens is 234 g/mol. The Bertz CT molecular complexity index is 332. The molecule has 0 unspecified atom stereocenters. The van der Waals surface area contributed by atoms with Crippen molar-refractivity contribution in [2.24, 2.45) is 5.92 Å². The summed E-state index contributed by atoms with van der Waals surface area (Å²) in [7, 11) is 2.16. The molecule has 0 atom stereocenters. The molecule has 0 aliphatic heterocycles. The largest absolute Gasteiger partial charge is 0.312 e. The van der Waals surface area contributed by atoms with E-state index in [1.54, 1.807) is 0 Å². The van der Waals surface area contributed by atoms with Gasteiger partial charge in [0.05, 0.1) is 5.69 Å². The lowest BCUT2D eigenvalue weighted by Crippen LogP contribution is -2.20. The van der Waals surface area contributed by atoms with Gasteiger partial charge in [-0.3, -0.25) is 4.98 Å². The summed E-state index contributed by atoms with van der Waals surface area (Å²) in [5, 5.41) is 3.44. The van der Waals surface area contributed by atoms with Crippen molar-refractivity contribution in [2.45, 2.75) is 46.7 Å². The maximum Gasteiger partial charge on any atom is 0.0544 e. The average Bonchev–Trinajstić information content (AvgIpc) is 2.38. The number of unbranched alkanes of at least 4 members (excludes halogenated alkanes) is 1. The van der Waals surface area contributed by atoms with E-state index in [9.17, 15) is 0 Å². The van der Waals surface area contributed by atoms with Crippen molar-refractivity contribution in [3.05, 3.63) is 29.6 Å². The minimum Gasteiger partial charge on any atom is -0.312 e. The van der Waals surface area contributed by atoms with Gasteiger partial charge in [0.25, 0.3) is 0 Å². The fourth-order valence-corrected chi connectivity index (χ4v) is 1.94. The maximum absolute atomic E-state index is 4.54. The van der Waals surface area contributed by atoms with Crippen LogP contribution in [-0.2, 0) is 13.1 Å². The van der Waals surface area contributed by atoms with Crippen LogP contribution >= 0.6 is 0 Å². The van der Waals surface area contributed by atoms with Crippen LogP contribution < -0.4 is 5.32 Å². The van der Waals surface area contributed by atoms with Gasteiger partial charge >= 0.3 is 0 Å². The molecule has 0 bridgehead atoms. The van der Waals surface area contributed by atoms with Gasteiger partial charge in [0.15, 0.2) is 0 Å². The van der Waals surface area contributed by atoms with Gasteiger partial charge in [-0.15, -0.1) is 0 Å². The third kappa shape index (κ3) is 7.28. The number of rotatable bonds is 9. The third-order valence-corrected chi connectivity index (χ3v) is 3.09. The standard InChI is InChI=1S/C16H29N3/c1-5-6-9-19(4)13-16-8-7-15(12-18-16)11-17-10-14(2)3/h7-8,12,14,17H,5-6,9-11,13H2,1-4H3. The van der Waals surface area contributed by atoms with Crippen LogP contribution in [0.5, 0.6) is 0 Å². The fourth-order valence-electron chi connectivity index (χ4n) is 1.94. The average molecular weight is 263 g/mol. The molecule has 3 heteroatoms. The minimum absolute atomic E-state index is 0.694. The molecule has 0 aliphatic carbocycles. The van der Waals surface area contributed by atoms with Crippen molar-refractivity contribution in [1.29, 1.82) is 0 Å². The first kappa shape index (κ1) is 16.1. The van der Waals surface area contributed by atoms with E-state index in [2.05, 4.69) is 55.2 Å². The second kappa shape index (κ2) is 9.05. The molecule has 0 saturated heterocycles. The predicted octanol–water partition coefficient (Wildman–Crippen LogP) is 3.06. The Balaban J connectivity index is 2.34. The van der Waals surface area contributed by atoms with Crippen LogP contribution in [0.15, 0.2) is 18.3 Å². The quantitative estimate of drug-likeness (QED) is 0.742. The number of hydrogen-bond acceptors (Lipinski definition) is 3. The summed E-state index contributed by atoms with van der Waals surface area (Å²) in [4.78, 5) is 6.88. The van der Waals surface area contributed by atoms with Crippen molar-refractivity contribution in [3.63, 3.8) is 0 Å². The molecule has 1 heterocycles. The first-order chi connectivity index (χ1) is 9.11. The second-order valence-corrected chi connectivity index (χ2v) is 5.77. The Morgan fingerprint density at radius 1 is 1.32 bits per heavy atom. The van der Waals surface area contributed by atoms with E-state index in [1.807, 2.05) is 6.20 Å². The lowest BCUT2D eigenvalue weighted by molar-refractivity contribution is 0.317. The van der Waals surface area contributed by atoms with E-state index in [4.69, 9.17) is 0 Å². The highest BCUT2D eigenvalue weighted by Gasteiger charge is 2.01. The second-order valence-electron chi connectivity index (χ2n) is 5.77. The lowest BCUT2D eigenvalue weighted by atomic mass is 10.2. The molecule has 108 valence electrons. The van der Waals surface area contributed by atoms with Crippen LogP contribution in [0.4, 0.5) is 0 Å². The first-order valence-electron chi connectivity index (χ1n) is 7.45. The molecule has 19 heavy (non-hydrogen) atoms. The molecular formula is C16H29N3. The lowest BCUT2D eigenvalue weighted by Gasteiger charge is -2.15. The highest BCUT2D eigenvalue weighted by molar-refractivity contribution is 5.13. The van der Waals surface area contributed by atoms with Crippen molar-refractivity contribution in [3.8, 4) is 0 Å². The summed E-state index contributed by atoms with van der Waals surface area (Å²) in [6.07, 6.45) is 4.50. The highest BCUT2D eigenvalue weighted by Crippen LogP contribution is 2.04. The van der Waals surface area contributed by atoms with Gasteiger partial charge in [-0.2, -0.15) is 0 Å². The van der Waals surface area contributed by atoms with E-state index in [1.165, 1.54) is 18.4 Å². The fraction of sp³-hybridized carbons (Fsp3) is 0.688. The van der Waals surface area contributed by atoms with Crippen molar-refractivity contribution in [2.75, 3.05) is 20.1 Å². The summed E-state index contributed by atoms with van der Waals surface area (Å²) in [6, 6.07) is 4.33. The zero-order valence-electron chi connectivity index (χ0n) is 12.9. The zero-order valence-corrected chi connectivity index (χ0v) is 12.9. The SMILES string of the molecule is CCCCN(C)Cc1ccc(CNCC(C)C)cn1. The van der Waals surface area contributed by atoms with Gasteiger partial charge < -0.3 is 10.2 Å². The molecule has 0 aliphatic rings. The molecule has 1 N–H and O–H groups in total. The molecule has 0 saturated carbocycles. The Kier molecular flexibility index (Phi) is 7.68. The Labute approximate surface area is 118 Å². The van der Waals surface area contributed by atoms with E-state index in [0.717, 1.165) is 31.9 Å². The highest BCUT2D eigenvalue weighted by atomic mass is 15.1. The first-order valence-corrected chi connectivity index (χ1v) is 7.45. The number of pyridine rings is 1. The molecule has 0 amide bonds. The minimum atomic E-state index is 0.694. The number of aromatic nitrogens is 1. The molecule has 3 nitrogen and oxygen atoms in total. The van der Waals surface area contributed by atoms with E-state index in [0.29, 0.717) is 5.92 Å². The van der Waals surface area contributed by atoms with Gasteiger partial charge in [0.2, 0.25) is 0 Å². The van der Waals surface area contributed by atoms with Crippen LogP contribution in [0, 0.1) is 5.92 Å². The van der Waals surface area contributed by atoms with Crippen LogP contribution in [0.1, 0.15) is 44.9 Å². The molecule has 1 aromatic rings. The van der Waals surface area contributed by atoms with Gasteiger partial charge in [-0.05, 0) is 44.1 Å². The molecule has 1 rings (SSSR count). The molecule has 0 spiro atoms. The summed E-state index contributed by atoms with van der Waals surface area (Å²) in [5.74, 6) is 0.694. The Morgan fingerprint density at radius 3 is 2.68 bits per heavy atom. The predicted molar refractivity (Wildman–Crippen MR) is 82.0 cm³/mol. The van der Waals surface area contributed by atoms with Gasteiger partial charge in [0, 0.05) is 19.3 Å². The van der Waals surface area contributed by atoms with Gasteiger partial charge in [0.1, 0.15) is 0 Å². The van der Waals surface area contributed by atoms with Gasteiger partial charge in [-0.1, -0.05) is 33.3 Å². The van der Waals surface area contributed by atoms with Gasteiger partial charge in [-0.25, -0.2) is 0 Å². The van der Waals surface area contributed by atoms with Crippen LogP contribution in [0.25, 0.3) is 0 Å². The van der Waals surface area contributed by atoms with E-state index < -0.39 is 0 Å². The summed E-state index contributed by atoms with van der Waals surface area (Å²) < 4.78 is 0. The normalized spacial score (nSPS) is 11.5. The van der Waals surface area contributed by atoms with Crippen molar-refractivity contribution in [1.82, 2.24) is 15.2 Å². The topological polar surface area (TPSA) is 28.2 Å².